The van der Waals surface area contributed by atoms with Crippen molar-refractivity contribution in [3.63, 3.8) is 0 Å². The fourth-order valence-corrected chi connectivity index (χ4v) is 1.59. The number of hydrogen-bond acceptors (Lipinski definition) is 4. The molecule has 0 unspecified atom stereocenters. The second kappa shape index (κ2) is 3.31. The summed E-state index contributed by atoms with van der Waals surface area (Å²) in [6.45, 7) is 6.92. The molecule has 0 bridgehead atoms. The number of rotatable bonds is 1. The van der Waals surface area contributed by atoms with Gasteiger partial charge in [0.05, 0.1) is 22.5 Å². The number of aryl methyl sites for hydroxylation is 2. The second-order valence-corrected chi connectivity index (χ2v) is 5.06. The van der Waals surface area contributed by atoms with Crippen LogP contribution >= 0.6 is 0 Å². The van der Waals surface area contributed by atoms with Crippen LogP contribution in [0.15, 0.2) is 0 Å². The molecule has 5 nitrogen and oxygen atoms in total. The molecule has 1 aromatic rings. The van der Waals surface area contributed by atoms with Crippen LogP contribution in [0.2, 0.25) is 0 Å². The maximum Gasteiger partial charge on any atom is 0.516 e. The first-order chi connectivity index (χ1) is 8.46. The van der Waals surface area contributed by atoms with E-state index in [2.05, 4.69) is 10.3 Å². The molecule has 16 heavy (non-hydrogen) atoms. The zero-order valence-electron chi connectivity index (χ0n) is 13.2. The molecule has 6 heteroatoms. The van der Waals surface area contributed by atoms with Crippen LogP contribution in [0.1, 0.15) is 37.5 Å². The van der Waals surface area contributed by atoms with Gasteiger partial charge in [-0.25, -0.2) is 0 Å². The predicted molar refractivity (Wildman–Crippen MR) is 61.5 cm³/mol. The summed E-state index contributed by atoms with van der Waals surface area (Å²) in [4.78, 5) is 0. The van der Waals surface area contributed by atoms with Crippen LogP contribution in [-0.4, -0.2) is 33.3 Å². The van der Waals surface area contributed by atoms with E-state index in [1.807, 2.05) is 27.7 Å². The Balaban J connectivity index is 2.43. The van der Waals surface area contributed by atoms with Crippen molar-refractivity contribution in [1.29, 1.82) is 0 Å². The van der Waals surface area contributed by atoms with Gasteiger partial charge in [0.25, 0.3) is 0 Å². The van der Waals surface area contributed by atoms with Crippen molar-refractivity contribution in [3.8, 4) is 0 Å². The maximum atomic E-state index is 7.47. The van der Waals surface area contributed by atoms with Crippen LogP contribution in [0.3, 0.4) is 0 Å². The van der Waals surface area contributed by atoms with Gasteiger partial charge in [-0.2, -0.15) is 0 Å². The van der Waals surface area contributed by atoms with Crippen molar-refractivity contribution in [2.75, 3.05) is 0 Å². The van der Waals surface area contributed by atoms with Gasteiger partial charge in [-0.3, -0.25) is 4.68 Å². The molecule has 0 aliphatic carbocycles. The zero-order valence-corrected chi connectivity index (χ0v) is 10.2. The molecule has 0 saturated carbocycles. The van der Waals surface area contributed by atoms with Gasteiger partial charge in [-0.1, -0.05) is 5.21 Å². The van der Waals surface area contributed by atoms with E-state index in [0.29, 0.717) is 11.3 Å². The number of nitrogens with zero attached hydrogens (tertiary/aromatic N) is 3. The molecule has 0 amide bonds. The minimum absolute atomic E-state index is 0.346. The third-order valence-electron chi connectivity index (χ3n) is 3.36. The van der Waals surface area contributed by atoms with Gasteiger partial charge < -0.3 is 9.31 Å². The molecule has 1 saturated heterocycles. The Labute approximate surface area is 100 Å². The van der Waals surface area contributed by atoms with Crippen LogP contribution in [-0.2, 0) is 16.3 Å². The monoisotopic (exact) mass is 226 g/mol. The lowest BCUT2D eigenvalue weighted by Crippen LogP contribution is -2.41. The largest absolute Gasteiger partial charge is 0.516 e. The van der Waals surface area contributed by atoms with Gasteiger partial charge >= 0.3 is 7.12 Å². The van der Waals surface area contributed by atoms with Gasteiger partial charge in [0.15, 0.2) is 0 Å². The molecule has 0 aromatic carbocycles. The van der Waals surface area contributed by atoms with Crippen molar-refractivity contribution in [3.05, 3.63) is 5.69 Å². The maximum absolute atomic E-state index is 7.47. The first-order valence-electron chi connectivity index (χ1n) is 6.74. The van der Waals surface area contributed by atoms with E-state index in [4.69, 9.17) is 13.4 Å². The molecule has 1 aromatic heterocycles. The highest BCUT2D eigenvalue weighted by molar-refractivity contribution is 6.61. The normalized spacial score (nSPS) is 26.3. The molecular weight excluding hydrogens is 205 g/mol. The average molecular weight is 226 g/mol. The molecule has 2 rings (SSSR count). The Bertz CT molecular complexity index is 483. The summed E-state index contributed by atoms with van der Waals surface area (Å²) >= 11 is 0. The van der Waals surface area contributed by atoms with Crippen LogP contribution < -0.4 is 5.59 Å². The van der Waals surface area contributed by atoms with Gasteiger partial charge in [-0.05, 0) is 34.6 Å². The Morgan fingerprint density at radius 3 is 2.31 bits per heavy atom. The molecule has 0 radical (unpaired) electrons. The SMILES string of the molecule is [2H]C([2H])([2H])n1nnc(C)c1B1OC(C)(C)C(C)(C)O1. The second-order valence-electron chi connectivity index (χ2n) is 5.06. The summed E-state index contributed by atoms with van der Waals surface area (Å²) in [6.07, 6.45) is 0. The van der Waals surface area contributed by atoms with Crippen LogP contribution in [0.25, 0.3) is 0 Å². The van der Waals surface area contributed by atoms with E-state index in [1.165, 1.54) is 0 Å². The van der Waals surface area contributed by atoms with Crippen molar-refractivity contribution >= 4 is 12.7 Å². The fourth-order valence-electron chi connectivity index (χ4n) is 1.59. The molecule has 88 valence electrons. The summed E-state index contributed by atoms with van der Waals surface area (Å²) in [5, 5.41) is 7.49. The highest BCUT2D eigenvalue weighted by Gasteiger charge is 2.53. The highest BCUT2D eigenvalue weighted by Crippen LogP contribution is 2.36. The van der Waals surface area contributed by atoms with E-state index >= 15 is 0 Å². The van der Waals surface area contributed by atoms with Crippen molar-refractivity contribution in [1.82, 2.24) is 15.0 Å². The topological polar surface area (TPSA) is 49.2 Å². The molecule has 1 aliphatic rings. The summed E-state index contributed by atoms with van der Waals surface area (Å²) in [5.41, 5.74) is -0.227. The Hall–Kier alpha value is -0.875. The zero-order chi connectivity index (χ0) is 14.6. The van der Waals surface area contributed by atoms with E-state index in [1.54, 1.807) is 6.92 Å². The van der Waals surface area contributed by atoms with Gasteiger partial charge in [0.2, 0.25) is 0 Å². The summed E-state index contributed by atoms with van der Waals surface area (Å²) in [5.74, 6) is 0. The van der Waals surface area contributed by atoms with E-state index in [-0.39, 0.29) is 0 Å². The first kappa shape index (κ1) is 8.25. The third kappa shape index (κ3) is 1.56. The van der Waals surface area contributed by atoms with Crippen LogP contribution in [0.5, 0.6) is 0 Å². The van der Waals surface area contributed by atoms with Crippen molar-refractivity contribution in [2.45, 2.75) is 45.8 Å². The van der Waals surface area contributed by atoms with Crippen molar-refractivity contribution in [2.24, 2.45) is 6.98 Å². The van der Waals surface area contributed by atoms with E-state index in [0.717, 1.165) is 4.68 Å². The van der Waals surface area contributed by atoms with E-state index in [9.17, 15) is 0 Å². The van der Waals surface area contributed by atoms with Crippen molar-refractivity contribution < 1.29 is 13.4 Å². The number of hydrogen-bond donors (Lipinski definition) is 0. The quantitative estimate of drug-likeness (QED) is 0.651. The smallest absolute Gasteiger partial charge is 0.398 e. The standard InChI is InChI=1S/C10H18BN3O2/c1-7-8(14(6)13-12-7)11-15-9(2,3)10(4,5)16-11/h1-6H3/i6D3. The van der Waals surface area contributed by atoms with E-state index < -0.39 is 25.3 Å². The third-order valence-corrected chi connectivity index (χ3v) is 3.36. The summed E-state index contributed by atoms with van der Waals surface area (Å²) < 4.78 is 35.0. The Kier molecular flexibility index (Phi) is 1.71. The minimum Gasteiger partial charge on any atom is -0.398 e. The molecule has 1 fully saturated rings. The molecule has 2 heterocycles. The van der Waals surface area contributed by atoms with Gasteiger partial charge in [0.1, 0.15) is 0 Å². The molecule has 0 atom stereocenters. The summed E-state index contributed by atoms with van der Waals surface area (Å²) in [6, 6.07) is 0. The lowest BCUT2D eigenvalue weighted by atomic mass is 9.83. The van der Waals surface area contributed by atoms with Crippen LogP contribution in [0.4, 0.5) is 0 Å². The lowest BCUT2D eigenvalue weighted by Gasteiger charge is -2.32. The van der Waals surface area contributed by atoms with Gasteiger partial charge in [0, 0.05) is 11.1 Å². The Morgan fingerprint density at radius 1 is 1.25 bits per heavy atom. The molecule has 0 spiro atoms. The fraction of sp³-hybridized carbons (Fsp3) is 0.800. The average Bonchev–Trinajstić information content (AvgIpc) is 2.65. The molecular formula is C10H18BN3O2. The molecule has 0 N–H and O–H groups in total. The van der Waals surface area contributed by atoms with Gasteiger partial charge in [-0.15, -0.1) is 5.10 Å². The molecule has 1 aliphatic heterocycles. The minimum atomic E-state index is -2.40. The summed E-state index contributed by atoms with van der Waals surface area (Å²) in [7, 11) is -0.777. The predicted octanol–water partition coefficient (Wildman–Crippen LogP) is 0.423. The number of aromatic nitrogens is 3. The first-order valence-corrected chi connectivity index (χ1v) is 5.24. The highest BCUT2D eigenvalue weighted by atomic mass is 16.7. The lowest BCUT2D eigenvalue weighted by molar-refractivity contribution is 0.00578. The Morgan fingerprint density at radius 2 is 1.81 bits per heavy atom. The van der Waals surface area contributed by atoms with Crippen LogP contribution in [0, 0.1) is 6.92 Å².